The minimum Gasteiger partial charge on any atom is -1.00 e. The van der Waals surface area contributed by atoms with E-state index in [1.54, 1.807) is 54.9 Å². The van der Waals surface area contributed by atoms with Crippen molar-refractivity contribution in [1.82, 2.24) is 0 Å². The van der Waals surface area contributed by atoms with Crippen LogP contribution in [0.15, 0.2) is 59.7 Å². The predicted octanol–water partition coefficient (Wildman–Crippen LogP) is 6.59. The van der Waals surface area contributed by atoms with E-state index in [4.69, 9.17) is 0 Å². The monoisotopic (exact) mass is 826 g/mol. The van der Waals surface area contributed by atoms with Crippen molar-refractivity contribution in [1.29, 1.82) is 0 Å². The molecule has 268 valence electrons. The van der Waals surface area contributed by atoms with E-state index in [0.29, 0.717) is 7.25 Å². The average molecular weight is 829 g/mol. The zero-order valence-corrected chi connectivity index (χ0v) is 39.6. The van der Waals surface area contributed by atoms with Gasteiger partial charge < -0.3 is 24.8 Å². The number of hydrogen-bond donors (Lipinski definition) is 0. The van der Waals surface area contributed by atoms with Gasteiger partial charge in [0, 0.05) is 0 Å². The molecule has 0 spiro atoms. The smallest absolute Gasteiger partial charge is 1.00 e. The van der Waals surface area contributed by atoms with Crippen LogP contribution in [0.3, 0.4) is 0 Å². The molecule has 1 aliphatic heterocycles. The van der Waals surface area contributed by atoms with Gasteiger partial charge in [0.15, 0.2) is 0 Å². The van der Waals surface area contributed by atoms with Crippen LogP contribution in [-0.2, 0) is 20.3 Å². The molecule has 0 aromatic heterocycles. The molecule has 1 fully saturated rings. The number of benzene rings is 4. The summed E-state index contributed by atoms with van der Waals surface area (Å²) < 4.78 is 4.31. The Kier molecular flexibility index (Phi) is 11.0. The predicted molar refractivity (Wildman–Crippen MR) is 221 cm³/mol. The molecule has 0 N–H and O–H groups in total. The van der Waals surface area contributed by atoms with Gasteiger partial charge >= 0.3 is 307 Å². The molecule has 51 heavy (non-hydrogen) atoms. The average Bonchev–Trinajstić information content (AvgIpc) is 3.63. The first-order chi connectivity index (χ1) is 22.9. The van der Waals surface area contributed by atoms with E-state index in [1.807, 2.05) is 0 Å². The first-order valence-electron chi connectivity index (χ1n) is 18.7. The van der Waals surface area contributed by atoms with E-state index in [-0.39, 0.29) is 24.8 Å². The summed E-state index contributed by atoms with van der Waals surface area (Å²) in [5.74, 6) is 0. The van der Waals surface area contributed by atoms with Crippen LogP contribution >= 0.6 is 0 Å². The van der Waals surface area contributed by atoms with Crippen molar-refractivity contribution in [3.8, 4) is 22.3 Å². The second kappa shape index (κ2) is 13.8. The minimum absolute atomic E-state index is 0. The summed E-state index contributed by atoms with van der Waals surface area (Å²) in [4.78, 5) is 0. The molecular weight excluding hydrogens is 771 g/mol. The van der Waals surface area contributed by atoms with Gasteiger partial charge in [-0.2, -0.15) is 0 Å². The summed E-state index contributed by atoms with van der Waals surface area (Å²) in [6.07, 6.45) is 5.29. The summed E-state index contributed by atoms with van der Waals surface area (Å²) in [5, 5.41) is 3.09. The van der Waals surface area contributed by atoms with Crippen molar-refractivity contribution < 1.29 is 45.1 Å². The van der Waals surface area contributed by atoms with E-state index >= 15 is 0 Å². The van der Waals surface area contributed by atoms with Crippen molar-refractivity contribution in [2.24, 2.45) is 0 Å². The topological polar surface area (TPSA) is 0 Å². The van der Waals surface area contributed by atoms with Gasteiger partial charge in [-0.1, -0.05) is 0 Å². The Labute approximate surface area is 328 Å². The third-order valence-corrected chi connectivity index (χ3v) is 30.7. The molecule has 2 atom stereocenters. The normalized spacial score (nSPS) is 18.1. The maximum atomic E-state index is 2.64. The maximum Gasteiger partial charge on any atom is -1.00 e. The molecule has 0 nitrogen and oxygen atoms in total. The second-order valence-electron chi connectivity index (χ2n) is 18.2. The van der Waals surface area contributed by atoms with Gasteiger partial charge in [-0.05, 0) is 0 Å². The number of allylic oxidation sites excluding steroid dienone is 2. The number of hydrogen-bond acceptors (Lipinski definition) is 0. The number of fused-ring (bicyclic) bond motifs is 2. The van der Waals surface area contributed by atoms with Crippen LogP contribution in [-0.4, -0.2) is 16.1 Å². The van der Waals surface area contributed by atoms with Crippen molar-refractivity contribution in [3.63, 3.8) is 0 Å². The van der Waals surface area contributed by atoms with Crippen LogP contribution < -0.4 is 35.2 Å². The zero-order chi connectivity index (χ0) is 35.5. The van der Waals surface area contributed by atoms with Crippen molar-refractivity contribution in [2.45, 2.75) is 110 Å². The number of halogens is 2. The van der Waals surface area contributed by atoms with Crippen LogP contribution in [0.1, 0.15) is 76.7 Å². The third-order valence-electron chi connectivity index (χ3n) is 13.2. The Hall–Kier alpha value is -1.74. The van der Waals surface area contributed by atoms with E-state index < -0.39 is 36.4 Å². The summed E-state index contributed by atoms with van der Waals surface area (Å²) in [7, 11) is -2.71. The summed E-state index contributed by atoms with van der Waals surface area (Å²) in [5.41, 5.74) is 24.7. The Balaban J connectivity index is 0.00000252. The first kappa shape index (κ1) is 40.4. The molecule has 0 amide bonds. The molecule has 1 heterocycles. The molecule has 0 saturated carbocycles. The van der Waals surface area contributed by atoms with Crippen molar-refractivity contribution in [2.75, 3.05) is 0 Å². The quantitative estimate of drug-likeness (QED) is 0.193. The van der Waals surface area contributed by atoms with E-state index in [0.717, 1.165) is 0 Å². The summed E-state index contributed by atoms with van der Waals surface area (Å²) in [6.45, 7) is 34.2. The van der Waals surface area contributed by atoms with Crippen LogP contribution in [0, 0.1) is 41.5 Å². The molecule has 1 saturated heterocycles. The van der Waals surface area contributed by atoms with Gasteiger partial charge in [0.25, 0.3) is 0 Å². The molecule has 0 radical (unpaired) electrons. The van der Waals surface area contributed by atoms with E-state index in [2.05, 4.69) is 155 Å². The van der Waals surface area contributed by atoms with Gasteiger partial charge in [0.2, 0.25) is 0 Å². The molecule has 0 bridgehead atoms. The minimum atomic E-state index is -2.83. The SMILES string of the molecule is CC1=Cc2c(-c3ccc([Si](C)(C)C)cc3)c(C)c(C)c(C)c2[CH]1[Zr+2]1([CH]2C(C)=Cc3c(-c4ccc([Si](C)(C)C)cc4)c(C)c(C)c(C)c32)[CH2][CH2]1.[Cl-].[Cl-]. The van der Waals surface area contributed by atoms with Crippen LogP contribution in [0.25, 0.3) is 34.4 Å². The Morgan fingerprint density at radius 1 is 0.451 bits per heavy atom. The molecule has 2 unspecified atom stereocenters. The second-order valence-corrected chi connectivity index (χ2v) is 39.7. The van der Waals surface area contributed by atoms with Crippen LogP contribution in [0.4, 0.5) is 0 Å². The van der Waals surface area contributed by atoms with Gasteiger partial charge in [-0.25, -0.2) is 0 Å². The van der Waals surface area contributed by atoms with Gasteiger partial charge in [0.1, 0.15) is 0 Å². The molecular formula is C46H58Cl2Si2Zr. The molecule has 4 aromatic carbocycles. The standard InChI is InChI=1S/2C22H27Si.C2H4.2ClH.Zr/c2*1-14-12-20-16(3)15(2)17(4)22(21(20)13-14)18-8-10-19(11-9-18)23(5,6)7;1-2;;;/h2*8-13H,1-7H3;1-2H2;2*1H;/q;;;;;+2/p-2. The molecule has 3 aliphatic rings. The van der Waals surface area contributed by atoms with Gasteiger partial charge in [-0.3, -0.25) is 0 Å². The Morgan fingerprint density at radius 2 is 0.765 bits per heavy atom. The Bertz CT molecular complexity index is 1950. The van der Waals surface area contributed by atoms with E-state index in [1.165, 1.54) is 52.8 Å². The Morgan fingerprint density at radius 3 is 1.04 bits per heavy atom. The zero-order valence-electron chi connectivity index (χ0n) is 33.6. The largest absolute Gasteiger partial charge is 1.00 e. The summed E-state index contributed by atoms with van der Waals surface area (Å²) >= 11 is -2.83. The molecule has 5 heteroatoms. The van der Waals surface area contributed by atoms with Crippen LogP contribution in [0.2, 0.25) is 47.5 Å². The van der Waals surface area contributed by atoms with Crippen LogP contribution in [0.5, 0.6) is 0 Å². The number of rotatable bonds is 6. The summed E-state index contributed by atoms with van der Waals surface area (Å²) in [6, 6.07) is 19.5. The maximum absolute atomic E-state index is 2.83. The molecule has 2 aliphatic carbocycles. The molecule has 7 rings (SSSR count). The first-order valence-corrected chi connectivity index (χ1v) is 32.1. The van der Waals surface area contributed by atoms with Gasteiger partial charge in [-0.15, -0.1) is 0 Å². The fourth-order valence-electron chi connectivity index (χ4n) is 9.93. The fourth-order valence-corrected chi connectivity index (χ4v) is 30.3. The van der Waals surface area contributed by atoms with Gasteiger partial charge in [0.05, 0.1) is 0 Å². The van der Waals surface area contributed by atoms with E-state index in [9.17, 15) is 0 Å². The van der Waals surface area contributed by atoms with Crippen molar-refractivity contribution >= 4 is 38.7 Å². The third kappa shape index (κ3) is 6.38. The van der Waals surface area contributed by atoms with Crippen molar-refractivity contribution in [3.05, 3.63) is 115 Å². The molecule has 4 aromatic rings. The fraction of sp³-hybridized carbons (Fsp3) is 0.391.